The third kappa shape index (κ3) is 9.74. The average molecular weight is 866 g/mol. The molecule has 1 aliphatic carbocycles. The summed E-state index contributed by atoms with van der Waals surface area (Å²) in [7, 11) is 3.31. The van der Waals surface area contributed by atoms with E-state index in [-0.39, 0.29) is 66.1 Å². The minimum Gasteiger partial charge on any atom is -0.495 e. The van der Waals surface area contributed by atoms with Crippen LogP contribution in [-0.4, -0.2) is 108 Å². The van der Waals surface area contributed by atoms with E-state index in [1.165, 1.54) is 18.2 Å². The van der Waals surface area contributed by atoms with Crippen LogP contribution in [0.4, 0.5) is 23.1 Å². The highest BCUT2D eigenvalue weighted by molar-refractivity contribution is 6.24. The number of nitrogens with zero attached hydrogens (tertiary/aromatic N) is 5. The number of methoxy groups -OCH3 is 1. The van der Waals surface area contributed by atoms with E-state index in [2.05, 4.69) is 31.2 Å². The first-order valence-corrected chi connectivity index (χ1v) is 21.9. The zero-order valence-corrected chi connectivity index (χ0v) is 36.0. The standard InChI is InChI=1S/C45H55N9O9/c1-4-31-43(60)52(2)33-25-48-45(51-39(33)53(31)28-14-9-10-15-28)49-30-19-18-27(24-35(30)62-3)40(57)47-23-12-8-6-5-7-11-22-46-37(56)26-63-34-17-13-16-29-38(34)44(61)54(42(29)59)32-20-21-36(55)50-41(32)58/h13,16-19,24-25,28,31-32H,4-12,14-15,20-23,26H2,1-3H3,(H,46,56)(H,47,57)(H,48,49,51)(H,50,55,58). The highest BCUT2D eigenvalue weighted by atomic mass is 16.5. The fourth-order valence-corrected chi connectivity index (χ4v) is 8.79. The summed E-state index contributed by atoms with van der Waals surface area (Å²) < 4.78 is 11.3. The molecule has 18 heteroatoms. The minimum absolute atomic E-state index is 0.00879. The second kappa shape index (κ2) is 20.1. The maximum absolute atomic E-state index is 13.3. The molecule has 4 heterocycles. The number of amides is 7. The van der Waals surface area contributed by atoms with E-state index in [0.717, 1.165) is 74.9 Å². The topological polar surface area (TPSA) is 222 Å². The molecule has 3 aromatic rings. The Bertz CT molecular complexity index is 2260. The van der Waals surface area contributed by atoms with Crippen LogP contribution in [0.1, 0.15) is 121 Å². The maximum atomic E-state index is 13.3. The number of benzene rings is 2. The summed E-state index contributed by atoms with van der Waals surface area (Å²) in [4.78, 5) is 103. The molecule has 63 heavy (non-hydrogen) atoms. The Balaban J connectivity index is 0.791. The van der Waals surface area contributed by atoms with Gasteiger partial charge in [0.1, 0.15) is 29.3 Å². The summed E-state index contributed by atoms with van der Waals surface area (Å²) in [6.07, 6.45) is 12.1. The van der Waals surface area contributed by atoms with E-state index in [4.69, 9.17) is 14.5 Å². The summed E-state index contributed by atoms with van der Waals surface area (Å²) in [6.45, 7) is 2.64. The number of hydrogen-bond donors (Lipinski definition) is 4. The number of hydrogen-bond acceptors (Lipinski definition) is 13. The monoisotopic (exact) mass is 865 g/mol. The van der Waals surface area contributed by atoms with E-state index < -0.39 is 29.7 Å². The number of rotatable bonds is 19. The summed E-state index contributed by atoms with van der Waals surface area (Å²) in [5, 5.41) is 11.2. The van der Waals surface area contributed by atoms with Crippen molar-refractivity contribution < 1.29 is 43.0 Å². The number of anilines is 4. The summed E-state index contributed by atoms with van der Waals surface area (Å²) in [5.41, 5.74) is 1.82. The van der Waals surface area contributed by atoms with Crippen LogP contribution in [0.3, 0.4) is 0 Å². The van der Waals surface area contributed by atoms with Crippen molar-refractivity contribution in [2.24, 2.45) is 0 Å². The molecule has 2 atom stereocenters. The van der Waals surface area contributed by atoms with Gasteiger partial charge >= 0.3 is 0 Å². The number of carbonyl (C=O) groups excluding carboxylic acids is 7. The molecule has 18 nitrogen and oxygen atoms in total. The van der Waals surface area contributed by atoms with Crippen molar-refractivity contribution in [3.05, 3.63) is 59.3 Å². The van der Waals surface area contributed by atoms with E-state index in [9.17, 15) is 33.6 Å². The van der Waals surface area contributed by atoms with Gasteiger partial charge in [0.05, 0.1) is 30.1 Å². The van der Waals surface area contributed by atoms with Gasteiger partial charge in [-0.3, -0.25) is 43.8 Å². The molecule has 2 fully saturated rings. The van der Waals surface area contributed by atoms with Crippen LogP contribution in [-0.2, 0) is 19.2 Å². The normalized spacial score (nSPS) is 18.6. The smallest absolute Gasteiger partial charge is 0.266 e. The Labute approximate surface area is 365 Å². The van der Waals surface area contributed by atoms with E-state index >= 15 is 0 Å². The molecule has 0 bridgehead atoms. The fourth-order valence-electron chi connectivity index (χ4n) is 8.79. The summed E-state index contributed by atoms with van der Waals surface area (Å²) in [6, 6.07) is 8.55. The predicted octanol–water partition coefficient (Wildman–Crippen LogP) is 4.40. The molecule has 334 valence electrons. The van der Waals surface area contributed by atoms with E-state index in [0.29, 0.717) is 48.1 Å². The van der Waals surface area contributed by atoms with Gasteiger partial charge in [0.2, 0.25) is 23.7 Å². The zero-order chi connectivity index (χ0) is 44.6. The number of carbonyl (C=O) groups is 7. The first kappa shape index (κ1) is 44.5. The van der Waals surface area contributed by atoms with E-state index in [1.54, 1.807) is 43.5 Å². The number of ether oxygens (including phenoxy) is 2. The van der Waals surface area contributed by atoms with Gasteiger partial charge in [-0.2, -0.15) is 4.98 Å². The number of nitrogens with one attached hydrogen (secondary N) is 4. The number of piperidine rings is 1. The lowest BCUT2D eigenvalue weighted by atomic mass is 10.0. The van der Waals surface area contributed by atoms with Crippen LogP contribution in [0.2, 0.25) is 0 Å². The molecule has 7 rings (SSSR count). The molecule has 1 saturated heterocycles. The van der Waals surface area contributed by atoms with Crippen molar-refractivity contribution in [1.82, 2.24) is 30.8 Å². The van der Waals surface area contributed by atoms with Crippen molar-refractivity contribution in [3.8, 4) is 11.5 Å². The first-order valence-electron chi connectivity index (χ1n) is 21.9. The van der Waals surface area contributed by atoms with Crippen molar-refractivity contribution in [2.45, 2.75) is 109 Å². The third-order valence-electron chi connectivity index (χ3n) is 12.1. The molecule has 7 amide bonds. The fraction of sp³-hybridized carbons (Fsp3) is 0.489. The first-order chi connectivity index (χ1) is 30.5. The molecule has 2 unspecified atom stereocenters. The van der Waals surface area contributed by atoms with Gasteiger partial charge in [-0.05, 0) is 68.9 Å². The summed E-state index contributed by atoms with van der Waals surface area (Å²) in [5.74, 6) is -1.39. The largest absolute Gasteiger partial charge is 0.495 e. The number of aromatic nitrogens is 2. The quantitative estimate of drug-likeness (QED) is 0.0971. The lowest BCUT2D eigenvalue weighted by Crippen LogP contribution is -2.55. The Morgan fingerprint density at radius 1 is 0.889 bits per heavy atom. The van der Waals surface area contributed by atoms with Gasteiger partial charge in [-0.15, -0.1) is 0 Å². The zero-order valence-electron chi connectivity index (χ0n) is 36.0. The third-order valence-corrected chi connectivity index (χ3v) is 12.1. The van der Waals surface area contributed by atoms with Gasteiger partial charge < -0.3 is 35.2 Å². The molecule has 0 spiro atoms. The van der Waals surface area contributed by atoms with Gasteiger partial charge in [0.15, 0.2) is 12.4 Å². The van der Waals surface area contributed by atoms with Crippen molar-refractivity contribution in [2.75, 3.05) is 49.0 Å². The van der Waals surface area contributed by atoms with Gasteiger partial charge in [-0.25, -0.2) is 4.98 Å². The number of imide groups is 2. The molecule has 1 saturated carbocycles. The van der Waals surface area contributed by atoms with Gasteiger partial charge in [0.25, 0.3) is 23.6 Å². The SMILES string of the molecule is CCC1C(=O)N(C)c2cnc(Nc3ccc(C(=O)NCCCCCCCCNC(=O)COc4cccc5c4C(=O)N(C4CCC(=O)NC4=O)C5=O)cc3OC)nc2N1C1CCCC1. The number of fused-ring (bicyclic) bond motifs is 2. The molecule has 4 aliphatic rings. The van der Waals surface area contributed by atoms with Crippen LogP contribution in [0.25, 0.3) is 0 Å². The minimum atomic E-state index is -1.10. The van der Waals surface area contributed by atoms with Crippen LogP contribution in [0.15, 0.2) is 42.6 Å². The molecule has 1 aromatic heterocycles. The van der Waals surface area contributed by atoms with Crippen LogP contribution < -0.4 is 40.5 Å². The molecular weight excluding hydrogens is 811 g/mol. The number of unbranched alkanes of at least 4 members (excludes halogenated alkanes) is 5. The van der Waals surface area contributed by atoms with Crippen molar-refractivity contribution >= 4 is 64.5 Å². The van der Waals surface area contributed by atoms with Crippen LogP contribution in [0, 0.1) is 0 Å². The Morgan fingerprint density at radius 3 is 2.33 bits per heavy atom. The van der Waals surface area contributed by atoms with Crippen LogP contribution >= 0.6 is 0 Å². The molecule has 2 aromatic carbocycles. The summed E-state index contributed by atoms with van der Waals surface area (Å²) >= 11 is 0. The van der Waals surface area contributed by atoms with Crippen molar-refractivity contribution in [3.63, 3.8) is 0 Å². The molecule has 4 N–H and O–H groups in total. The lowest BCUT2D eigenvalue weighted by molar-refractivity contribution is -0.136. The molecule has 3 aliphatic heterocycles. The predicted molar refractivity (Wildman–Crippen MR) is 232 cm³/mol. The van der Waals surface area contributed by atoms with Crippen molar-refractivity contribution in [1.29, 1.82) is 0 Å². The molecular formula is C45H55N9O9. The Morgan fingerprint density at radius 2 is 1.62 bits per heavy atom. The molecule has 0 radical (unpaired) electrons. The van der Waals surface area contributed by atoms with Gasteiger partial charge in [-0.1, -0.05) is 51.5 Å². The second-order valence-electron chi connectivity index (χ2n) is 16.3. The Hall–Kier alpha value is -6.59. The Kier molecular flexibility index (Phi) is 14.2. The average Bonchev–Trinajstić information content (AvgIpc) is 3.91. The maximum Gasteiger partial charge on any atom is 0.266 e. The van der Waals surface area contributed by atoms with E-state index in [1.807, 2.05) is 6.92 Å². The number of likely N-dealkylation sites (N-methyl/N-ethyl adjacent to an activating group) is 1. The lowest BCUT2D eigenvalue weighted by Gasteiger charge is -2.43. The highest BCUT2D eigenvalue weighted by Crippen LogP contribution is 2.40. The van der Waals surface area contributed by atoms with Gasteiger partial charge in [0, 0.05) is 38.2 Å². The highest BCUT2D eigenvalue weighted by Gasteiger charge is 2.46. The van der Waals surface area contributed by atoms with Crippen LogP contribution in [0.5, 0.6) is 11.5 Å². The second-order valence-corrected chi connectivity index (χ2v) is 16.3.